The van der Waals surface area contributed by atoms with Gasteiger partial charge in [-0.05, 0) is 54.6 Å². The number of hydrogen-bond acceptors (Lipinski definition) is 4. The Bertz CT molecular complexity index is 964. The Hall–Kier alpha value is -3.47. The third kappa shape index (κ3) is 2.99. The molecule has 25 heavy (non-hydrogen) atoms. The van der Waals surface area contributed by atoms with Gasteiger partial charge in [-0.2, -0.15) is 5.10 Å². The molecule has 4 aromatic rings. The zero-order chi connectivity index (χ0) is 17.1. The second-order valence-corrected chi connectivity index (χ2v) is 5.46. The SMILES string of the molecule is COc1ccc(-c2cc(-c3ccccn3)nn2-c2ccccn2)cc1. The van der Waals surface area contributed by atoms with Crippen molar-refractivity contribution in [1.29, 1.82) is 0 Å². The summed E-state index contributed by atoms with van der Waals surface area (Å²) >= 11 is 0. The molecule has 0 radical (unpaired) electrons. The average Bonchev–Trinajstić information content (AvgIpc) is 3.15. The molecule has 0 spiro atoms. The van der Waals surface area contributed by atoms with E-state index in [1.165, 1.54) is 0 Å². The first-order valence-electron chi connectivity index (χ1n) is 7.92. The summed E-state index contributed by atoms with van der Waals surface area (Å²) in [7, 11) is 1.66. The Morgan fingerprint density at radius 3 is 2.20 bits per heavy atom. The topological polar surface area (TPSA) is 52.8 Å². The van der Waals surface area contributed by atoms with Gasteiger partial charge in [0.25, 0.3) is 0 Å². The summed E-state index contributed by atoms with van der Waals surface area (Å²) in [6.45, 7) is 0. The zero-order valence-electron chi connectivity index (χ0n) is 13.7. The molecule has 5 nitrogen and oxygen atoms in total. The molecule has 0 amide bonds. The van der Waals surface area contributed by atoms with Gasteiger partial charge < -0.3 is 4.74 Å². The molecule has 3 heterocycles. The van der Waals surface area contributed by atoms with Crippen LogP contribution in [0, 0.1) is 0 Å². The standard InChI is InChI=1S/C20H16N4O/c1-25-16-10-8-15(9-11-16)19-14-18(17-6-2-4-12-21-17)23-24(19)20-7-3-5-13-22-20/h2-14H,1H3. The number of aromatic nitrogens is 4. The molecule has 0 aliphatic carbocycles. The summed E-state index contributed by atoms with van der Waals surface area (Å²) in [6, 6.07) is 21.5. The molecule has 0 bridgehead atoms. The molecule has 0 aliphatic rings. The third-order valence-corrected chi connectivity index (χ3v) is 3.89. The number of benzene rings is 1. The lowest BCUT2D eigenvalue weighted by atomic mass is 10.1. The van der Waals surface area contributed by atoms with Crippen LogP contribution in [0.2, 0.25) is 0 Å². The van der Waals surface area contributed by atoms with E-state index in [1.54, 1.807) is 19.5 Å². The molecule has 0 saturated carbocycles. The summed E-state index contributed by atoms with van der Waals surface area (Å²) < 4.78 is 7.09. The summed E-state index contributed by atoms with van der Waals surface area (Å²) in [6.07, 6.45) is 3.53. The summed E-state index contributed by atoms with van der Waals surface area (Å²) in [5.74, 6) is 1.58. The normalized spacial score (nSPS) is 10.6. The van der Waals surface area contributed by atoms with Gasteiger partial charge in [-0.25, -0.2) is 9.67 Å². The molecule has 1 aromatic carbocycles. The van der Waals surface area contributed by atoms with Crippen LogP contribution in [-0.4, -0.2) is 26.9 Å². The first kappa shape index (κ1) is 15.1. The molecule has 0 saturated heterocycles. The maximum atomic E-state index is 5.25. The number of ether oxygens (including phenoxy) is 1. The second-order valence-electron chi connectivity index (χ2n) is 5.46. The van der Waals surface area contributed by atoms with E-state index in [-0.39, 0.29) is 0 Å². The Kier molecular flexibility index (Phi) is 3.96. The van der Waals surface area contributed by atoms with Crippen molar-refractivity contribution >= 4 is 0 Å². The zero-order valence-corrected chi connectivity index (χ0v) is 13.7. The van der Waals surface area contributed by atoms with Crippen LogP contribution < -0.4 is 4.74 Å². The molecule has 0 N–H and O–H groups in total. The summed E-state index contributed by atoms with van der Waals surface area (Å²) in [5.41, 5.74) is 3.60. The monoisotopic (exact) mass is 328 g/mol. The molecule has 5 heteroatoms. The Balaban J connectivity index is 1.87. The molecule has 4 rings (SSSR count). The van der Waals surface area contributed by atoms with Crippen LogP contribution in [0.5, 0.6) is 5.75 Å². The smallest absolute Gasteiger partial charge is 0.153 e. The van der Waals surface area contributed by atoms with Crippen LogP contribution in [0.4, 0.5) is 0 Å². The van der Waals surface area contributed by atoms with Crippen LogP contribution in [0.25, 0.3) is 28.5 Å². The van der Waals surface area contributed by atoms with Gasteiger partial charge in [0.2, 0.25) is 0 Å². The second kappa shape index (κ2) is 6.57. The van der Waals surface area contributed by atoms with Gasteiger partial charge in [0.15, 0.2) is 5.82 Å². The molecule has 0 fully saturated rings. The van der Waals surface area contributed by atoms with Crippen molar-refractivity contribution in [2.45, 2.75) is 0 Å². The van der Waals surface area contributed by atoms with Crippen LogP contribution in [-0.2, 0) is 0 Å². The highest BCUT2D eigenvalue weighted by Gasteiger charge is 2.14. The van der Waals surface area contributed by atoms with Crippen molar-refractivity contribution in [3.05, 3.63) is 79.1 Å². The number of hydrogen-bond donors (Lipinski definition) is 0. The predicted octanol–water partition coefficient (Wildman–Crippen LogP) is 4.00. The number of nitrogens with zero attached hydrogens (tertiary/aromatic N) is 4. The third-order valence-electron chi connectivity index (χ3n) is 3.89. The van der Waals surface area contributed by atoms with E-state index in [9.17, 15) is 0 Å². The van der Waals surface area contributed by atoms with Crippen molar-refractivity contribution in [2.24, 2.45) is 0 Å². The van der Waals surface area contributed by atoms with Crippen molar-refractivity contribution in [2.75, 3.05) is 7.11 Å². The van der Waals surface area contributed by atoms with Gasteiger partial charge in [-0.1, -0.05) is 12.1 Å². The van der Waals surface area contributed by atoms with E-state index in [1.807, 2.05) is 71.4 Å². The van der Waals surface area contributed by atoms with E-state index in [2.05, 4.69) is 9.97 Å². The first-order valence-corrected chi connectivity index (χ1v) is 7.92. The summed E-state index contributed by atoms with van der Waals surface area (Å²) in [5, 5.41) is 4.73. The van der Waals surface area contributed by atoms with E-state index < -0.39 is 0 Å². The largest absolute Gasteiger partial charge is 0.497 e. The molecule has 0 aliphatic heterocycles. The van der Waals surface area contributed by atoms with Crippen molar-refractivity contribution in [3.8, 4) is 34.2 Å². The van der Waals surface area contributed by atoms with Gasteiger partial charge in [-0.15, -0.1) is 0 Å². The van der Waals surface area contributed by atoms with E-state index in [0.29, 0.717) is 0 Å². The van der Waals surface area contributed by atoms with Crippen molar-refractivity contribution in [1.82, 2.24) is 19.7 Å². The fraction of sp³-hybridized carbons (Fsp3) is 0.0500. The molecule has 122 valence electrons. The minimum atomic E-state index is 0.760. The Morgan fingerprint density at radius 1 is 0.800 bits per heavy atom. The van der Waals surface area contributed by atoms with Crippen LogP contribution >= 0.6 is 0 Å². The predicted molar refractivity (Wildman–Crippen MR) is 96.6 cm³/mol. The Morgan fingerprint density at radius 2 is 1.56 bits per heavy atom. The minimum absolute atomic E-state index is 0.760. The highest BCUT2D eigenvalue weighted by atomic mass is 16.5. The van der Waals surface area contributed by atoms with E-state index in [0.717, 1.165) is 34.2 Å². The highest BCUT2D eigenvalue weighted by molar-refractivity contribution is 5.69. The summed E-state index contributed by atoms with van der Waals surface area (Å²) in [4.78, 5) is 8.83. The van der Waals surface area contributed by atoms with Gasteiger partial charge in [-0.3, -0.25) is 4.98 Å². The van der Waals surface area contributed by atoms with Crippen LogP contribution in [0.15, 0.2) is 79.1 Å². The van der Waals surface area contributed by atoms with Gasteiger partial charge in [0.1, 0.15) is 11.4 Å². The van der Waals surface area contributed by atoms with Gasteiger partial charge >= 0.3 is 0 Å². The average molecular weight is 328 g/mol. The van der Waals surface area contributed by atoms with Crippen molar-refractivity contribution < 1.29 is 4.74 Å². The van der Waals surface area contributed by atoms with Gasteiger partial charge in [0.05, 0.1) is 18.5 Å². The fourth-order valence-electron chi connectivity index (χ4n) is 2.64. The first-order chi connectivity index (χ1) is 12.3. The maximum Gasteiger partial charge on any atom is 0.153 e. The minimum Gasteiger partial charge on any atom is -0.497 e. The van der Waals surface area contributed by atoms with Crippen LogP contribution in [0.1, 0.15) is 0 Å². The molecule has 0 unspecified atom stereocenters. The van der Waals surface area contributed by atoms with Crippen molar-refractivity contribution in [3.63, 3.8) is 0 Å². The van der Waals surface area contributed by atoms with Gasteiger partial charge in [0, 0.05) is 18.0 Å². The number of methoxy groups -OCH3 is 1. The maximum absolute atomic E-state index is 5.25. The molecule has 3 aromatic heterocycles. The lowest BCUT2D eigenvalue weighted by molar-refractivity contribution is 0.415. The van der Waals surface area contributed by atoms with E-state index in [4.69, 9.17) is 9.84 Å². The number of pyridine rings is 2. The molecule has 0 atom stereocenters. The number of rotatable bonds is 4. The fourth-order valence-corrected chi connectivity index (χ4v) is 2.64. The van der Waals surface area contributed by atoms with Crippen LogP contribution in [0.3, 0.4) is 0 Å². The quantitative estimate of drug-likeness (QED) is 0.568. The lowest BCUT2D eigenvalue weighted by Crippen LogP contribution is -2.01. The van der Waals surface area contributed by atoms with E-state index >= 15 is 0 Å². The lowest BCUT2D eigenvalue weighted by Gasteiger charge is -2.07. The highest BCUT2D eigenvalue weighted by Crippen LogP contribution is 2.28. The Labute approximate surface area is 145 Å². The molecular weight excluding hydrogens is 312 g/mol. The molecular formula is C20H16N4O.